The number of nitrogens with zero attached hydrogens (tertiary/aromatic N) is 2. The van der Waals surface area contributed by atoms with Crippen LogP contribution in [0.3, 0.4) is 0 Å². The van der Waals surface area contributed by atoms with Crippen molar-refractivity contribution >= 4 is 17.5 Å². The quantitative estimate of drug-likeness (QED) is 0.827. The van der Waals surface area contributed by atoms with Crippen LogP contribution in [0.5, 0.6) is 0 Å². The van der Waals surface area contributed by atoms with Gasteiger partial charge in [0.05, 0.1) is 0 Å². The van der Waals surface area contributed by atoms with Gasteiger partial charge in [-0.05, 0) is 49.1 Å². The molecule has 0 radical (unpaired) electrons. The molecule has 0 aliphatic carbocycles. The number of carbonyl (C=O) groups excluding carboxylic acids is 1. The molecule has 25 heavy (non-hydrogen) atoms. The average Bonchev–Trinajstić information content (AvgIpc) is 2.61. The number of rotatable bonds is 4. The number of hydrogen-bond acceptors (Lipinski definition) is 2. The van der Waals surface area contributed by atoms with Crippen LogP contribution in [0.1, 0.15) is 27.0 Å². The smallest absolute Gasteiger partial charge is 0.254 e. The van der Waals surface area contributed by atoms with Crippen LogP contribution in [0.2, 0.25) is 5.02 Å². The molecule has 0 aromatic heterocycles. The first-order valence-corrected chi connectivity index (χ1v) is 9.24. The van der Waals surface area contributed by atoms with Crippen LogP contribution in [0.4, 0.5) is 0 Å². The Hall–Kier alpha value is -1.84. The van der Waals surface area contributed by atoms with Crippen LogP contribution in [0, 0.1) is 13.8 Å². The standard InChI is InChI=1S/C21H25ClN2O/c1-16-4-3-5-17(2)20(16)21(25)24-14-12-23(13-15-24)11-10-18-6-8-19(22)9-7-18/h3-9H,10-15H2,1-2H3. The minimum absolute atomic E-state index is 0.174. The van der Waals surface area contributed by atoms with Crippen LogP contribution in [0.15, 0.2) is 42.5 Å². The molecule has 1 heterocycles. The van der Waals surface area contributed by atoms with Crippen LogP contribution >= 0.6 is 11.6 Å². The molecular weight excluding hydrogens is 332 g/mol. The van der Waals surface area contributed by atoms with Crippen molar-refractivity contribution < 1.29 is 4.79 Å². The van der Waals surface area contributed by atoms with E-state index >= 15 is 0 Å². The van der Waals surface area contributed by atoms with E-state index in [0.717, 1.165) is 60.9 Å². The molecule has 2 aromatic carbocycles. The molecule has 1 saturated heterocycles. The average molecular weight is 357 g/mol. The van der Waals surface area contributed by atoms with Gasteiger partial charge in [0.25, 0.3) is 5.91 Å². The number of halogens is 1. The van der Waals surface area contributed by atoms with Gasteiger partial charge in [0.15, 0.2) is 0 Å². The highest BCUT2D eigenvalue weighted by molar-refractivity contribution is 6.30. The third kappa shape index (κ3) is 4.42. The summed E-state index contributed by atoms with van der Waals surface area (Å²) >= 11 is 5.93. The van der Waals surface area contributed by atoms with Gasteiger partial charge in [-0.2, -0.15) is 0 Å². The van der Waals surface area contributed by atoms with E-state index in [1.165, 1.54) is 5.56 Å². The summed E-state index contributed by atoms with van der Waals surface area (Å²) in [6.07, 6.45) is 1.02. The fourth-order valence-electron chi connectivity index (χ4n) is 3.42. The second kappa shape index (κ2) is 8.03. The van der Waals surface area contributed by atoms with E-state index in [1.54, 1.807) is 0 Å². The molecule has 3 nitrogen and oxygen atoms in total. The Balaban J connectivity index is 1.53. The molecule has 0 spiro atoms. The van der Waals surface area contributed by atoms with E-state index in [-0.39, 0.29) is 5.91 Å². The zero-order chi connectivity index (χ0) is 17.8. The monoisotopic (exact) mass is 356 g/mol. The van der Waals surface area contributed by atoms with E-state index in [2.05, 4.69) is 17.0 Å². The maximum atomic E-state index is 12.9. The Kier molecular flexibility index (Phi) is 5.77. The van der Waals surface area contributed by atoms with Gasteiger partial charge in [-0.15, -0.1) is 0 Å². The van der Waals surface area contributed by atoms with E-state index in [0.29, 0.717) is 0 Å². The molecular formula is C21H25ClN2O. The first-order chi connectivity index (χ1) is 12.0. The summed E-state index contributed by atoms with van der Waals surface area (Å²) in [5, 5.41) is 0.780. The van der Waals surface area contributed by atoms with E-state index < -0.39 is 0 Å². The van der Waals surface area contributed by atoms with E-state index in [9.17, 15) is 4.79 Å². The van der Waals surface area contributed by atoms with Crippen molar-refractivity contribution in [3.8, 4) is 0 Å². The summed E-state index contributed by atoms with van der Waals surface area (Å²) in [5.41, 5.74) is 4.31. The van der Waals surface area contributed by atoms with Crippen molar-refractivity contribution in [1.82, 2.24) is 9.80 Å². The number of piperazine rings is 1. The van der Waals surface area contributed by atoms with Crippen molar-refractivity contribution in [1.29, 1.82) is 0 Å². The Labute approximate surface area is 155 Å². The SMILES string of the molecule is Cc1cccc(C)c1C(=O)N1CCN(CCc2ccc(Cl)cc2)CC1. The Bertz CT molecular complexity index is 714. The Morgan fingerprint density at radius 1 is 0.960 bits per heavy atom. The lowest BCUT2D eigenvalue weighted by Gasteiger charge is -2.35. The van der Waals surface area contributed by atoms with Gasteiger partial charge in [0.1, 0.15) is 0 Å². The molecule has 1 aliphatic heterocycles. The number of hydrogen-bond donors (Lipinski definition) is 0. The lowest BCUT2D eigenvalue weighted by molar-refractivity contribution is 0.0637. The molecule has 0 atom stereocenters. The van der Waals surface area contributed by atoms with Gasteiger partial charge >= 0.3 is 0 Å². The molecule has 0 bridgehead atoms. The predicted molar refractivity (Wildman–Crippen MR) is 103 cm³/mol. The summed E-state index contributed by atoms with van der Waals surface area (Å²) in [6, 6.07) is 14.1. The van der Waals surface area contributed by atoms with Crippen LogP contribution < -0.4 is 0 Å². The van der Waals surface area contributed by atoms with Crippen molar-refractivity contribution in [2.24, 2.45) is 0 Å². The predicted octanol–water partition coefficient (Wildman–Crippen LogP) is 3.96. The Morgan fingerprint density at radius 3 is 2.16 bits per heavy atom. The summed E-state index contributed by atoms with van der Waals surface area (Å²) < 4.78 is 0. The molecule has 1 aliphatic rings. The number of carbonyl (C=O) groups is 1. The first kappa shape index (κ1) is 18.0. The highest BCUT2D eigenvalue weighted by Gasteiger charge is 2.23. The molecule has 0 unspecified atom stereocenters. The van der Waals surface area contributed by atoms with Crippen molar-refractivity contribution in [3.05, 3.63) is 69.7 Å². The second-order valence-electron chi connectivity index (χ2n) is 6.78. The van der Waals surface area contributed by atoms with E-state index in [1.807, 2.05) is 49.1 Å². The van der Waals surface area contributed by atoms with Crippen LogP contribution in [-0.4, -0.2) is 48.4 Å². The molecule has 4 heteroatoms. The number of aryl methyl sites for hydroxylation is 2. The maximum absolute atomic E-state index is 12.9. The molecule has 0 saturated carbocycles. The number of benzene rings is 2. The minimum Gasteiger partial charge on any atom is -0.336 e. The summed E-state index contributed by atoms with van der Waals surface area (Å²) in [5.74, 6) is 0.174. The zero-order valence-corrected chi connectivity index (χ0v) is 15.7. The molecule has 2 aromatic rings. The second-order valence-corrected chi connectivity index (χ2v) is 7.21. The lowest BCUT2D eigenvalue weighted by Crippen LogP contribution is -2.49. The third-order valence-corrected chi connectivity index (χ3v) is 5.24. The van der Waals surface area contributed by atoms with Crippen molar-refractivity contribution in [2.75, 3.05) is 32.7 Å². The van der Waals surface area contributed by atoms with Crippen molar-refractivity contribution in [3.63, 3.8) is 0 Å². The zero-order valence-electron chi connectivity index (χ0n) is 15.0. The highest BCUT2D eigenvalue weighted by atomic mass is 35.5. The largest absolute Gasteiger partial charge is 0.336 e. The third-order valence-electron chi connectivity index (χ3n) is 4.98. The summed E-state index contributed by atoms with van der Waals surface area (Å²) in [6.45, 7) is 8.52. The van der Waals surface area contributed by atoms with Gasteiger partial charge in [-0.25, -0.2) is 0 Å². The van der Waals surface area contributed by atoms with Gasteiger partial charge in [-0.3, -0.25) is 9.69 Å². The summed E-state index contributed by atoms with van der Waals surface area (Å²) in [4.78, 5) is 17.3. The number of amides is 1. The fraction of sp³-hybridized carbons (Fsp3) is 0.381. The van der Waals surface area contributed by atoms with Crippen LogP contribution in [-0.2, 0) is 6.42 Å². The lowest BCUT2D eigenvalue weighted by atomic mass is 10.0. The molecule has 132 valence electrons. The minimum atomic E-state index is 0.174. The Morgan fingerprint density at radius 2 is 1.56 bits per heavy atom. The van der Waals surface area contributed by atoms with Crippen molar-refractivity contribution in [2.45, 2.75) is 20.3 Å². The first-order valence-electron chi connectivity index (χ1n) is 8.87. The van der Waals surface area contributed by atoms with Gasteiger partial charge in [0.2, 0.25) is 0 Å². The van der Waals surface area contributed by atoms with Crippen LogP contribution in [0.25, 0.3) is 0 Å². The molecule has 3 rings (SSSR count). The summed E-state index contributed by atoms with van der Waals surface area (Å²) in [7, 11) is 0. The van der Waals surface area contributed by atoms with Gasteiger partial charge in [0, 0.05) is 43.3 Å². The van der Waals surface area contributed by atoms with Gasteiger partial charge in [-0.1, -0.05) is 41.9 Å². The van der Waals surface area contributed by atoms with E-state index in [4.69, 9.17) is 11.6 Å². The molecule has 1 fully saturated rings. The molecule has 1 amide bonds. The fourth-order valence-corrected chi connectivity index (χ4v) is 3.55. The normalized spacial score (nSPS) is 15.4. The maximum Gasteiger partial charge on any atom is 0.254 e. The highest BCUT2D eigenvalue weighted by Crippen LogP contribution is 2.17. The topological polar surface area (TPSA) is 23.6 Å². The van der Waals surface area contributed by atoms with Gasteiger partial charge < -0.3 is 4.90 Å². The molecule has 0 N–H and O–H groups in total.